The van der Waals surface area contributed by atoms with Crippen LogP contribution in [0, 0.1) is 22.0 Å². The second-order valence-corrected chi connectivity index (χ2v) is 8.18. The van der Waals surface area contributed by atoms with Crippen LogP contribution in [0.5, 0.6) is 11.5 Å². The molecule has 30 heavy (non-hydrogen) atoms. The Hall–Kier alpha value is -3.29. The molecule has 0 unspecified atom stereocenters. The van der Waals surface area contributed by atoms with E-state index in [9.17, 15) is 14.9 Å². The zero-order chi connectivity index (χ0) is 21.3. The van der Waals surface area contributed by atoms with Crippen molar-refractivity contribution in [2.75, 3.05) is 24.8 Å². The fraction of sp³-hybridized carbons (Fsp3) is 0.409. The monoisotopic (exact) mass is 411 g/mol. The molecule has 0 aromatic heterocycles. The standard InChI is InChI=1S/C22H25N3O5/c1-14-7-15(2)12-24(11-14)18-5-4-17(9-19(18)25(27)28)22(26)23-10-16-3-6-20-21(8-16)30-13-29-20/h3-6,8-9,14-15H,7,10-13H2,1-2H3,(H,23,26)/t14-,15-/m0/s1. The van der Waals surface area contributed by atoms with Crippen LogP contribution in [0.25, 0.3) is 0 Å². The number of rotatable bonds is 5. The van der Waals surface area contributed by atoms with Crippen molar-refractivity contribution in [3.8, 4) is 11.5 Å². The number of benzene rings is 2. The lowest BCUT2D eigenvalue weighted by molar-refractivity contribution is -0.384. The highest BCUT2D eigenvalue weighted by molar-refractivity contribution is 5.95. The van der Waals surface area contributed by atoms with Crippen LogP contribution in [0.3, 0.4) is 0 Å². The lowest BCUT2D eigenvalue weighted by atomic mass is 9.91. The quantitative estimate of drug-likeness (QED) is 0.595. The molecular formula is C22H25N3O5. The summed E-state index contributed by atoms with van der Waals surface area (Å²) < 4.78 is 10.6. The van der Waals surface area contributed by atoms with E-state index in [0.717, 1.165) is 25.1 Å². The maximum atomic E-state index is 12.6. The molecule has 0 bridgehead atoms. The Kier molecular flexibility index (Phi) is 5.48. The van der Waals surface area contributed by atoms with E-state index in [-0.39, 0.29) is 30.5 Å². The fourth-order valence-electron chi connectivity index (χ4n) is 4.27. The number of carbonyl (C=O) groups is 1. The van der Waals surface area contributed by atoms with Crippen LogP contribution < -0.4 is 19.7 Å². The van der Waals surface area contributed by atoms with Gasteiger partial charge in [0, 0.05) is 31.3 Å². The van der Waals surface area contributed by atoms with Gasteiger partial charge in [0.15, 0.2) is 11.5 Å². The van der Waals surface area contributed by atoms with Crippen molar-refractivity contribution in [1.82, 2.24) is 5.32 Å². The summed E-state index contributed by atoms with van der Waals surface area (Å²) in [7, 11) is 0. The number of fused-ring (bicyclic) bond motifs is 1. The number of hydrogen-bond donors (Lipinski definition) is 1. The van der Waals surface area contributed by atoms with Crippen LogP contribution in [0.2, 0.25) is 0 Å². The first-order valence-electron chi connectivity index (χ1n) is 10.1. The summed E-state index contributed by atoms with van der Waals surface area (Å²) in [5.74, 6) is 1.91. The molecule has 2 aromatic rings. The number of piperidine rings is 1. The Labute approximate surface area is 174 Å². The lowest BCUT2D eigenvalue weighted by Crippen LogP contribution is -2.39. The van der Waals surface area contributed by atoms with Crippen LogP contribution in [0.4, 0.5) is 11.4 Å². The van der Waals surface area contributed by atoms with Gasteiger partial charge in [0.1, 0.15) is 5.69 Å². The molecule has 0 spiro atoms. The minimum Gasteiger partial charge on any atom is -0.454 e. The first-order chi connectivity index (χ1) is 14.4. The van der Waals surface area contributed by atoms with Gasteiger partial charge >= 0.3 is 0 Å². The maximum Gasteiger partial charge on any atom is 0.293 e. The third kappa shape index (κ3) is 4.17. The van der Waals surface area contributed by atoms with Gasteiger partial charge in [-0.15, -0.1) is 0 Å². The van der Waals surface area contributed by atoms with Crippen molar-refractivity contribution in [2.24, 2.45) is 11.8 Å². The van der Waals surface area contributed by atoms with Crippen molar-refractivity contribution in [3.05, 3.63) is 57.6 Å². The van der Waals surface area contributed by atoms with Gasteiger partial charge < -0.3 is 19.7 Å². The molecule has 0 radical (unpaired) electrons. The van der Waals surface area contributed by atoms with Crippen molar-refractivity contribution in [2.45, 2.75) is 26.8 Å². The van der Waals surface area contributed by atoms with Gasteiger partial charge in [-0.3, -0.25) is 14.9 Å². The molecule has 2 heterocycles. The summed E-state index contributed by atoms with van der Waals surface area (Å²) >= 11 is 0. The number of amides is 1. The zero-order valence-electron chi connectivity index (χ0n) is 17.1. The van der Waals surface area contributed by atoms with Gasteiger partial charge in [-0.2, -0.15) is 0 Å². The first-order valence-corrected chi connectivity index (χ1v) is 10.1. The molecule has 8 heteroatoms. The van der Waals surface area contributed by atoms with Gasteiger partial charge in [0.2, 0.25) is 6.79 Å². The topological polar surface area (TPSA) is 93.9 Å². The summed E-state index contributed by atoms with van der Waals surface area (Å²) in [6.07, 6.45) is 1.12. The van der Waals surface area contributed by atoms with Gasteiger partial charge in [0.05, 0.1) is 4.92 Å². The summed E-state index contributed by atoms with van der Waals surface area (Å²) in [4.78, 5) is 26.0. The van der Waals surface area contributed by atoms with E-state index in [2.05, 4.69) is 24.1 Å². The Morgan fingerprint density at radius 3 is 2.60 bits per heavy atom. The number of carbonyl (C=O) groups excluding carboxylic acids is 1. The van der Waals surface area contributed by atoms with E-state index >= 15 is 0 Å². The predicted octanol–water partition coefficient (Wildman–Crippen LogP) is 3.74. The average molecular weight is 411 g/mol. The minimum atomic E-state index is -0.409. The van der Waals surface area contributed by atoms with Crippen LogP contribution in [-0.4, -0.2) is 30.7 Å². The summed E-state index contributed by atoms with van der Waals surface area (Å²) in [6.45, 7) is 6.35. The summed E-state index contributed by atoms with van der Waals surface area (Å²) in [6, 6.07) is 10.2. The molecule has 2 atom stereocenters. The van der Waals surface area contributed by atoms with Gasteiger partial charge in [-0.25, -0.2) is 0 Å². The molecule has 2 aromatic carbocycles. The second-order valence-electron chi connectivity index (χ2n) is 8.18. The molecule has 1 N–H and O–H groups in total. The molecule has 8 nitrogen and oxygen atoms in total. The van der Waals surface area contributed by atoms with Gasteiger partial charge in [0.25, 0.3) is 11.6 Å². The van der Waals surface area contributed by atoms with Crippen molar-refractivity contribution < 1.29 is 19.2 Å². The van der Waals surface area contributed by atoms with E-state index < -0.39 is 4.92 Å². The van der Waals surface area contributed by atoms with E-state index in [4.69, 9.17) is 9.47 Å². The lowest BCUT2D eigenvalue weighted by Gasteiger charge is -2.36. The Balaban J connectivity index is 1.49. The molecule has 0 aliphatic carbocycles. The zero-order valence-corrected chi connectivity index (χ0v) is 17.1. The molecule has 4 rings (SSSR count). The molecular weight excluding hydrogens is 386 g/mol. The third-order valence-corrected chi connectivity index (χ3v) is 5.53. The van der Waals surface area contributed by atoms with Crippen molar-refractivity contribution >= 4 is 17.3 Å². The molecule has 158 valence electrons. The first kappa shape index (κ1) is 20.0. The highest BCUT2D eigenvalue weighted by Crippen LogP contribution is 2.34. The molecule has 2 aliphatic heterocycles. The number of ether oxygens (including phenoxy) is 2. The van der Waals surface area contributed by atoms with E-state index in [1.807, 2.05) is 12.1 Å². The van der Waals surface area contributed by atoms with Crippen LogP contribution in [0.15, 0.2) is 36.4 Å². The smallest absolute Gasteiger partial charge is 0.293 e. The SMILES string of the molecule is C[C@H]1C[C@H](C)CN(c2ccc(C(=O)NCc3ccc4c(c3)OCO4)cc2[N+](=O)[O-])C1. The van der Waals surface area contributed by atoms with Gasteiger partial charge in [-0.05, 0) is 48.1 Å². The number of nitro groups is 1. The number of nitro benzene ring substituents is 1. The highest BCUT2D eigenvalue weighted by Gasteiger charge is 2.28. The number of nitrogens with one attached hydrogen (secondary N) is 1. The highest BCUT2D eigenvalue weighted by atomic mass is 16.7. The third-order valence-electron chi connectivity index (χ3n) is 5.53. The van der Waals surface area contributed by atoms with Crippen LogP contribution in [0.1, 0.15) is 36.2 Å². The Bertz CT molecular complexity index is 967. The molecule has 2 aliphatic rings. The average Bonchev–Trinajstić information content (AvgIpc) is 3.18. The summed E-state index contributed by atoms with van der Waals surface area (Å²) in [5, 5.41) is 14.5. The summed E-state index contributed by atoms with van der Waals surface area (Å²) in [5.41, 5.74) is 1.66. The normalized spacial score (nSPS) is 20.1. The molecule has 1 saturated heterocycles. The van der Waals surface area contributed by atoms with E-state index in [1.54, 1.807) is 18.2 Å². The van der Waals surface area contributed by atoms with Crippen LogP contribution >= 0.6 is 0 Å². The van der Waals surface area contributed by atoms with Gasteiger partial charge in [-0.1, -0.05) is 19.9 Å². The maximum absolute atomic E-state index is 12.6. The minimum absolute atomic E-state index is 0.0352. The molecule has 1 fully saturated rings. The number of nitrogens with zero attached hydrogens (tertiary/aromatic N) is 2. The van der Waals surface area contributed by atoms with Crippen molar-refractivity contribution in [1.29, 1.82) is 0 Å². The Morgan fingerprint density at radius 1 is 1.13 bits per heavy atom. The Morgan fingerprint density at radius 2 is 1.87 bits per heavy atom. The van der Waals surface area contributed by atoms with Crippen LogP contribution in [-0.2, 0) is 6.54 Å². The fourth-order valence-corrected chi connectivity index (χ4v) is 4.27. The predicted molar refractivity (Wildman–Crippen MR) is 112 cm³/mol. The molecule has 0 saturated carbocycles. The molecule has 1 amide bonds. The van der Waals surface area contributed by atoms with E-state index in [1.165, 1.54) is 6.07 Å². The van der Waals surface area contributed by atoms with E-state index in [0.29, 0.717) is 29.0 Å². The largest absolute Gasteiger partial charge is 0.454 e. The van der Waals surface area contributed by atoms with Crippen molar-refractivity contribution in [3.63, 3.8) is 0 Å². The second kappa shape index (κ2) is 8.22. The number of hydrogen-bond acceptors (Lipinski definition) is 6. The number of anilines is 1.